The van der Waals surface area contributed by atoms with Crippen molar-refractivity contribution < 1.29 is 14.3 Å². The predicted molar refractivity (Wildman–Crippen MR) is 84.7 cm³/mol. The van der Waals surface area contributed by atoms with Gasteiger partial charge in [-0.15, -0.1) is 0 Å². The summed E-state index contributed by atoms with van der Waals surface area (Å²) < 4.78 is 4.97. The van der Waals surface area contributed by atoms with E-state index in [1.807, 2.05) is 19.1 Å². The van der Waals surface area contributed by atoms with Gasteiger partial charge in [0.15, 0.2) is 6.61 Å². The van der Waals surface area contributed by atoms with Crippen LogP contribution < -0.4 is 5.32 Å². The largest absolute Gasteiger partial charge is 0.452 e. The van der Waals surface area contributed by atoms with Crippen LogP contribution in [0, 0.1) is 0 Å². The maximum absolute atomic E-state index is 11.8. The van der Waals surface area contributed by atoms with Gasteiger partial charge in [-0.3, -0.25) is 4.79 Å². The highest BCUT2D eigenvalue weighted by molar-refractivity contribution is 6.30. The van der Waals surface area contributed by atoms with E-state index in [-0.39, 0.29) is 18.6 Å². The number of halogens is 1. The van der Waals surface area contributed by atoms with Crippen molar-refractivity contribution in [2.24, 2.45) is 0 Å². The molecule has 0 aliphatic heterocycles. The van der Waals surface area contributed by atoms with Gasteiger partial charge in [-0.05, 0) is 36.8 Å². The average Bonchev–Trinajstić information content (AvgIpc) is 2.53. The third-order valence-electron chi connectivity index (χ3n) is 3.07. The Morgan fingerprint density at radius 2 is 1.86 bits per heavy atom. The molecule has 4 nitrogen and oxygen atoms in total. The molecule has 0 aliphatic carbocycles. The first-order chi connectivity index (χ1) is 10.6. The van der Waals surface area contributed by atoms with Gasteiger partial charge < -0.3 is 10.1 Å². The molecule has 0 aliphatic rings. The summed E-state index contributed by atoms with van der Waals surface area (Å²) >= 11 is 5.91. The summed E-state index contributed by atoms with van der Waals surface area (Å²) in [6.07, 6.45) is 0. The van der Waals surface area contributed by atoms with Crippen LogP contribution in [0.25, 0.3) is 0 Å². The molecule has 0 bridgehead atoms. The Morgan fingerprint density at radius 1 is 1.14 bits per heavy atom. The van der Waals surface area contributed by atoms with Crippen molar-refractivity contribution >= 4 is 23.5 Å². The number of hydrogen-bond donors (Lipinski definition) is 1. The van der Waals surface area contributed by atoms with Crippen molar-refractivity contribution in [2.45, 2.75) is 13.0 Å². The Morgan fingerprint density at radius 3 is 2.55 bits per heavy atom. The van der Waals surface area contributed by atoms with Crippen LogP contribution in [-0.4, -0.2) is 18.5 Å². The molecule has 1 unspecified atom stereocenters. The number of carbonyl (C=O) groups is 2. The smallest absolute Gasteiger partial charge is 0.338 e. The first kappa shape index (κ1) is 16.0. The molecular formula is C17H16ClNO3. The Kier molecular flexibility index (Phi) is 5.55. The summed E-state index contributed by atoms with van der Waals surface area (Å²) in [5.41, 5.74) is 1.30. The monoisotopic (exact) mass is 317 g/mol. The van der Waals surface area contributed by atoms with E-state index in [4.69, 9.17) is 16.3 Å². The lowest BCUT2D eigenvalue weighted by Gasteiger charge is -2.14. The van der Waals surface area contributed by atoms with Crippen LogP contribution in [0.1, 0.15) is 28.9 Å². The van der Waals surface area contributed by atoms with Crippen molar-refractivity contribution in [3.05, 3.63) is 70.7 Å². The molecule has 2 rings (SSSR count). The van der Waals surface area contributed by atoms with E-state index in [1.165, 1.54) is 0 Å². The van der Waals surface area contributed by atoms with Crippen molar-refractivity contribution in [1.82, 2.24) is 5.32 Å². The molecule has 5 heteroatoms. The normalized spacial score (nSPS) is 11.5. The highest BCUT2D eigenvalue weighted by atomic mass is 35.5. The number of rotatable bonds is 5. The molecule has 0 saturated carbocycles. The molecule has 1 amide bonds. The Balaban J connectivity index is 1.84. The molecule has 114 valence electrons. The van der Waals surface area contributed by atoms with Gasteiger partial charge in [-0.25, -0.2) is 4.79 Å². The summed E-state index contributed by atoms with van der Waals surface area (Å²) in [5.74, 6) is -0.886. The zero-order valence-electron chi connectivity index (χ0n) is 12.1. The first-order valence-electron chi connectivity index (χ1n) is 6.83. The Labute approximate surface area is 134 Å². The molecule has 0 heterocycles. The van der Waals surface area contributed by atoms with E-state index < -0.39 is 5.97 Å². The van der Waals surface area contributed by atoms with Crippen LogP contribution in [0.2, 0.25) is 5.02 Å². The molecule has 1 atom stereocenters. The van der Waals surface area contributed by atoms with Crippen LogP contribution >= 0.6 is 11.6 Å². The molecule has 0 spiro atoms. The molecule has 1 N–H and O–H groups in total. The molecule has 2 aromatic rings. The van der Waals surface area contributed by atoms with Crippen molar-refractivity contribution in [2.75, 3.05) is 6.61 Å². The predicted octanol–water partition coefficient (Wildman–Crippen LogP) is 3.37. The Bertz CT molecular complexity index is 658. The van der Waals surface area contributed by atoms with Gasteiger partial charge in [-0.1, -0.05) is 41.9 Å². The second-order valence-corrected chi connectivity index (χ2v) is 5.22. The van der Waals surface area contributed by atoms with Gasteiger partial charge in [0, 0.05) is 5.02 Å². The maximum Gasteiger partial charge on any atom is 0.338 e. The lowest BCUT2D eigenvalue weighted by Crippen LogP contribution is -2.31. The lowest BCUT2D eigenvalue weighted by atomic mass is 10.1. The molecule has 22 heavy (non-hydrogen) atoms. The SMILES string of the molecule is CC(NC(=O)COC(=O)c1ccccc1)c1cccc(Cl)c1. The van der Waals surface area contributed by atoms with Crippen LogP contribution in [0.3, 0.4) is 0 Å². The van der Waals surface area contributed by atoms with Gasteiger partial charge in [-0.2, -0.15) is 0 Å². The van der Waals surface area contributed by atoms with E-state index in [0.29, 0.717) is 10.6 Å². The van der Waals surface area contributed by atoms with Crippen LogP contribution in [0.4, 0.5) is 0 Å². The summed E-state index contributed by atoms with van der Waals surface area (Å²) in [7, 11) is 0. The van der Waals surface area contributed by atoms with E-state index >= 15 is 0 Å². The molecule has 2 aromatic carbocycles. The van der Waals surface area contributed by atoms with E-state index in [9.17, 15) is 9.59 Å². The summed E-state index contributed by atoms with van der Waals surface area (Å²) in [4.78, 5) is 23.6. The third-order valence-corrected chi connectivity index (χ3v) is 3.31. The minimum Gasteiger partial charge on any atom is -0.452 e. The second kappa shape index (κ2) is 7.61. The van der Waals surface area contributed by atoms with Gasteiger partial charge in [0.2, 0.25) is 0 Å². The number of carbonyl (C=O) groups excluding carboxylic acids is 2. The standard InChI is InChI=1S/C17H16ClNO3/c1-12(14-8-5-9-15(18)10-14)19-16(20)11-22-17(21)13-6-3-2-4-7-13/h2-10,12H,11H2,1H3,(H,19,20). The van der Waals surface area contributed by atoms with Crippen LogP contribution in [-0.2, 0) is 9.53 Å². The average molecular weight is 318 g/mol. The zero-order chi connectivity index (χ0) is 15.9. The number of esters is 1. The minimum absolute atomic E-state index is 0.221. The van der Waals surface area contributed by atoms with Crippen molar-refractivity contribution in [1.29, 1.82) is 0 Å². The molecule has 0 radical (unpaired) electrons. The van der Waals surface area contributed by atoms with Crippen LogP contribution in [0.5, 0.6) is 0 Å². The van der Waals surface area contributed by atoms with E-state index in [0.717, 1.165) is 5.56 Å². The molecular weight excluding hydrogens is 302 g/mol. The highest BCUT2D eigenvalue weighted by Crippen LogP contribution is 2.17. The molecule has 0 fully saturated rings. The van der Waals surface area contributed by atoms with Gasteiger partial charge >= 0.3 is 5.97 Å². The van der Waals surface area contributed by atoms with Gasteiger partial charge in [0.1, 0.15) is 0 Å². The second-order valence-electron chi connectivity index (χ2n) is 4.79. The zero-order valence-corrected chi connectivity index (χ0v) is 12.8. The number of hydrogen-bond acceptors (Lipinski definition) is 3. The summed E-state index contributed by atoms with van der Waals surface area (Å²) in [6.45, 7) is 1.52. The first-order valence-corrected chi connectivity index (χ1v) is 7.21. The van der Waals surface area contributed by atoms with E-state index in [2.05, 4.69) is 5.32 Å². The molecule has 0 saturated heterocycles. The number of ether oxygens (including phenoxy) is 1. The third kappa shape index (κ3) is 4.60. The number of nitrogens with one attached hydrogen (secondary N) is 1. The number of amides is 1. The van der Waals surface area contributed by atoms with Crippen LogP contribution in [0.15, 0.2) is 54.6 Å². The quantitative estimate of drug-likeness (QED) is 0.860. The van der Waals surface area contributed by atoms with Gasteiger partial charge in [0.05, 0.1) is 11.6 Å². The Hall–Kier alpha value is -2.33. The highest BCUT2D eigenvalue weighted by Gasteiger charge is 2.13. The summed E-state index contributed by atoms with van der Waals surface area (Å²) in [5, 5.41) is 3.36. The van der Waals surface area contributed by atoms with Crippen molar-refractivity contribution in [3.8, 4) is 0 Å². The fraction of sp³-hybridized carbons (Fsp3) is 0.176. The number of benzene rings is 2. The topological polar surface area (TPSA) is 55.4 Å². The fourth-order valence-electron chi connectivity index (χ4n) is 1.93. The van der Waals surface area contributed by atoms with E-state index in [1.54, 1.807) is 42.5 Å². The molecule has 0 aromatic heterocycles. The minimum atomic E-state index is -0.522. The lowest BCUT2D eigenvalue weighted by molar-refractivity contribution is -0.124. The van der Waals surface area contributed by atoms with Gasteiger partial charge in [0.25, 0.3) is 5.91 Å². The fourth-order valence-corrected chi connectivity index (χ4v) is 2.13. The summed E-state index contributed by atoms with van der Waals surface area (Å²) in [6, 6.07) is 15.5. The van der Waals surface area contributed by atoms with Crippen molar-refractivity contribution in [3.63, 3.8) is 0 Å². The maximum atomic E-state index is 11.8.